The molecule has 8 heteroatoms. The summed E-state index contributed by atoms with van der Waals surface area (Å²) in [5.41, 5.74) is 5.21. The van der Waals surface area contributed by atoms with E-state index >= 15 is 0 Å². The largest absolute Gasteiger partial charge is 0.397 e. The molecule has 0 aliphatic heterocycles. The van der Waals surface area contributed by atoms with E-state index < -0.39 is 16.0 Å². The normalized spacial score (nSPS) is 11.4. The summed E-state index contributed by atoms with van der Waals surface area (Å²) in [6.07, 6.45) is 0. The third-order valence-corrected chi connectivity index (χ3v) is 2.94. The molecule has 0 aromatic heterocycles. The zero-order valence-electron chi connectivity index (χ0n) is 9.23. The SMILES string of the molecule is COCCNS(=O)(=O)Nc1c(N)cccc1F. The Morgan fingerprint density at radius 2 is 2.18 bits per heavy atom. The van der Waals surface area contributed by atoms with Crippen LogP contribution < -0.4 is 15.2 Å². The van der Waals surface area contributed by atoms with E-state index in [0.717, 1.165) is 6.07 Å². The fourth-order valence-electron chi connectivity index (χ4n) is 1.10. The van der Waals surface area contributed by atoms with Crippen molar-refractivity contribution in [1.29, 1.82) is 0 Å². The molecule has 0 unspecified atom stereocenters. The van der Waals surface area contributed by atoms with E-state index in [1.807, 2.05) is 4.72 Å². The second-order valence-corrected chi connectivity index (χ2v) is 4.70. The number of nitrogen functional groups attached to an aromatic ring is 1. The first-order valence-corrected chi connectivity index (χ1v) is 6.25. The molecule has 6 nitrogen and oxygen atoms in total. The van der Waals surface area contributed by atoms with Gasteiger partial charge in [0.25, 0.3) is 10.2 Å². The maximum atomic E-state index is 13.3. The summed E-state index contributed by atoms with van der Waals surface area (Å²) >= 11 is 0. The molecule has 0 saturated heterocycles. The Bertz CT molecular complexity index is 458. The van der Waals surface area contributed by atoms with Crippen LogP contribution in [0.25, 0.3) is 0 Å². The van der Waals surface area contributed by atoms with Crippen LogP contribution in [-0.4, -0.2) is 28.7 Å². The van der Waals surface area contributed by atoms with Crippen molar-refractivity contribution in [2.75, 3.05) is 30.7 Å². The van der Waals surface area contributed by atoms with Gasteiger partial charge in [0.05, 0.1) is 12.3 Å². The Morgan fingerprint density at radius 1 is 1.47 bits per heavy atom. The third-order valence-electron chi connectivity index (χ3n) is 1.88. The smallest absolute Gasteiger partial charge is 0.299 e. The molecule has 0 fully saturated rings. The summed E-state index contributed by atoms with van der Waals surface area (Å²) in [7, 11) is -2.41. The zero-order valence-corrected chi connectivity index (χ0v) is 10.1. The molecular weight excluding hydrogens is 249 g/mol. The molecule has 4 N–H and O–H groups in total. The summed E-state index contributed by atoms with van der Waals surface area (Å²) in [6, 6.07) is 3.90. The van der Waals surface area contributed by atoms with E-state index in [1.165, 1.54) is 19.2 Å². The van der Waals surface area contributed by atoms with Crippen LogP contribution in [0.1, 0.15) is 0 Å². The van der Waals surface area contributed by atoms with E-state index in [0.29, 0.717) is 0 Å². The molecule has 0 amide bonds. The fourth-order valence-corrected chi connectivity index (χ4v) is 2.01. The molecule has 0 aliphatic carbocycles. The molecule has 1 rings (SSSR count). The Hall–Kier alpha value is -1.38. The fraction of sp³-hybridized carbons (Fsp3) is 0.333. The van der Waals surface area contributed by atoms with Gasteiger partial charge in [-0.2, -0.15) is 13.1 Å². The minimum Gasteiger partial charge on any atom is -0.397 e. The van der Waals surface area contributed by atoms with Gasteiger partial charge in [-0.05, 0) is 12.1 Å². The van der Waals surface area contributed by atoms with E-state index in [2.05, 4.69) is 9.46 Å². The molecule has 0 atom stereocenters. The Balaban J connectivity index is 2.76. The van der Waals surface area contributed by atoms with E-state index in [1.54, 1.807) is 0 Å². The number of para-hydroxylation sites is 1. The highest BCUT2D eigenvalue weighted by molar-refractivity contribution is 7.90. The molecule has 0 saturated carbocycles. The average Bonchev–Trinajstić information content (AvgIpc) is 2.24. The minimum absolute atomic E-state index is 0.0158. The van der Waals surface area contributed by atoms with Gasteiger partial charge in [0.2, 0.25) is 0 Å². The van der Waals surface area contributed by atoms with E-state index in [-0.39, 0.29) is 24.5 Å². The second kappa shape index (κ2) is 5.80. The molecule has 0 aliphatic rings. The molecule has 0 bridgehead atoms. The number of benzene rings is 1. The predicted molar refractivity (Wildman–Crippen MR) is 63.2 cm³/mol. The standard InChI is InChI=1S/C9H14FN3O3S/c1-16-6-5-12-17(14,15)13-9-7(10)3-2-4-8(9)11/h2-4,12-13H,5-6,11H2,1H3. The summed E-state index contributed by atoms with van der Waals surface area (Å²) in [6.45, 7) is 0.299. The van der Waals surface area contributed by atoms with Crippen LogP contribution >= 0.6 is 0 Å². The number of nitrogens with one attached hydrogen (secondary N) is 2. The van der Waals surface area contributed by atoms with Crippen molar-refractivity contribution < 1.29 is 17.5 Å². The number of hydrogen-bond donors (Lipinski definition) is 3. The first-order chi connectivity index (χ1) is 7.96. The van der Waals surface area contributed by atoms with Gasteiger partial charge in [-0.25, -0.2) is 4.39 Å². The van der Waals surface area contributed by atoms with Crippen molar-refractivity contribution in [1.82, 2.24) is 4.72 Å². The number of nitrogens with two attached hydrogens (primary N) is 1. The van der Waals surface area contributed by atoms with Crippen molar-refractivity contribution in [2.24, 2.45) is 0 Å². The number of rotatable bonds is 6. The quantitative estimate of drug-likeness (QED) is 0.508. The topological polar surface area (TPSA) is 93.4 Å². The molecule has 1 aromatic rings. The Morgan fingerprint density at radius 3 is 2.76 bits per heavy atom. The lowest BCUT2D eigenvalue weighted by Gasteiger charge is -2.11. The molecule has 1 aromatic carbocycles. The molecule has 17 heavy (non-hydrogen) atoms. The molecule has 96 valence electrons. The van der Waals surface area contributed by atoms with Crippen LogP contribution in [0.15, 0.2) is 18.2 Å². The first kappa shape index (κ1) is 13.7. The minimum atomic E-state index is -3.85. The zero-order chi connectivity index (χ0) is 12.9. The molecule has 0 radical (unpaired) electrons. The summed E-state index contributed by atoms with van der Waals surface area (Å²) in [5, 5.41) is 0. The average molecular weight is 263 g/mol. The van der Waals surface area contributed by atoms with Gasteiger partial charge in [0.15, 0.2) is 0 Å². The predicted octanol–water partition coefficient (Wildman–Crippen LogP) is 0.301. The molecule has 0 heterocycles. The lowest BCUT2D eigenvalue weighted by atomic mass is 10.3. The first-order valence-electron chi connectivity index (χ1n) is 4.76. The Labute approximate surface area is 99.1 Å². The maximum Gasteiger partial charge on any atom is 0.299 e. The summed E-state index contributed by atoms with van der Waals surface area (Å²) in [4.78, 5) is 0. The highest BCUT2D eigenvalue weighted by Gasteiger charge is 2.14. The van der Waals surface area contributed by atoms with Crippen molar-refractivity contribution in [3.63, 3.8) is 0 Å². The van der Waals surface area contributed by atoms with Gasteiger partial charge in [-0.3, -0.25) is 4.72 Å². The van der Waals surface area contributed by atoms with E-state index in [4.69, 9.17) is 5.73 Å². The van der Waals surface area contributed by atoms with Crippen LogP contribution in [-0.2, 0) is 14.9 Å². The van der Waals surface area contributed by atoms with Gasteiger partial charge in [0, 0.05) is 13.7 Å². The monoisotopic (exact) mass is 263 g/mol. The van der Waals surface area contributed by atoms with Gasteiger partial charge in [0.1, 0.15) is 11.5 Å². The third kappa shape index (κ3) is 4.17. The maximum absolute atomic E-state index is 13.3. The van der Waals surface area contributed by atoms with Gasteiger partial charge < -0.3 is 10.5 Å². The number of hydrogen-bond acceptors (Lipinski definition) is 4. The van der Waals surface area contributed by atoms with Crippen LogP contribution in [0.4, 0.5) is 15.8 Å². The van der Waals surface area contributed by atoms with E-state index in [9.17, 15) is 12.8 Å². The van der Waals surface area contributed by atoms with Crippen molar-refractivity contribution in [3.05, 3.63) is 24.0 Å². The van der Waals surface area contributed by atoms with Crippen LogP contribution in [0.3, 0.4) is 0 Å². The number of anilines is 2. The highest BCUT2D eigenvalue weighted by Crippen LogP contribution is 2.22. The number of ether oxygens (including phenoxy) is 1. The highest BCUT2D eigenvalue weighted by atomic mass is 32.2. The van der Waals surface area contributed by atoms with Crippen molar-refractivity contribution in [3.8, 4) is 0 Å². The molecule has 0 spiro atoms. The summed E-state index contributed by atoms with van der Waals surface area (Å²) in [5.74, 6) is -0.734. The van der Waals surface area contributed by atoms with Crippen LogP contribution in [0.5, 0.6) is 0 Å². The van der Waals surface area contributed by atoms with Crippen molar-refractivity contribution in [2.45, 2.75) is 0 Å². The lowest BCUT2D eigenvalue weighted by Crippen LogP contribution is -2.33. The molecular formula is C9H14FN3O3S. The van der Waals surface area contributed by atoms with Crippen LogP contribution in [0, 0.1) is 5.82 Å². The number of methoxy groups -OCH3 is 1. The van der Waals surface area contributed by atoms with Gasteiger partial charge >= 0.3 is 0 Å². The van der Waals surface area contributed by atoms with Crippen LogP contribution in [0.2, 0.25) is 0 Å². The number of halogens is 1. The van der Waals surface area contributed by atoms with Crippen molar-refractivity contribution >= 4 is 21.6 Å². The van der Waals surface area contributed by atoms with Gasteiger partial charge in [-0.1, -0.05) is 6.07 Å². The second-order valence-electron chi connectivity index (χ2n) is 3.20. The Kier molecular flexibility index (Phi) is 4.67. The van der Waals surface area contributed by atoms with Gasteiger partial charge in [-0.15, -0.1) is 0 Å². The summed E-state index contributed by atoms with van der Waals surface area (Å²) < 4.78 is 45.1. The lowest BCUT2D eigenvalue weighted by molar-refractivity contribution is 0.204.